The Morgan fingerprint density at radius 3 is 2.57 bits per heavy atom. The number of hydrogen-bond acceptors (Lipinski definition) is 4. The van der Waals surface area contributed by atoms with Gasteiger partial charge in [-0.25, -0.2) is 4.39 Å². The molecule has 0 radical (unpaired) electrons. The minimum Gasteiger partial charge on any atom is -0.396 e. The minimum absolute atomic E-state index is 0.0395. The zero-order valence-electron chi connectivity index (χ0n) is 12.4. The van der Waals surface area contributed by atoms with E-state index in [1.807, 2.05) is 0 Å². The highest BCUT2D eigenvalue weighted by Crippen LogP contribution is 2.17. The topological polar surface area (TPSA) is 75.9 Å². The molecule has 0 saturated carbocycles. The molecule has 116 valence electrons. The number of carbonyl (C=O) groups is 2. The van der Waals surface area contributed by atoms with Gasteiger partial charge in [-0.1, -0.05) is 6.07 Å². The van der Waals surface area contributed by atoms with Crippen molar-refractivity contribution in [1.29, 1.82) is 0 Å². The van der Waals surface area contributed by atoms with Gasteiger partial charge in [-0.05, 0) is 12.1 Å². The lowest BCUT2D eigenvalue weighted by atomic mass is 10.1. The molecular formula is C14H20FN3O3. The van der Waals surface area contributed by atoms with E-state index in [9.17, 15) is 14.0 Å². The van der Waals surface area contributed by atoms with Crippen molar-refractivity contribution in [3.8, 4) is 0 Å². The molecule has 1 rings (SSSR count). The number of hydrogen-bond donors (Lipinski definition) is 1. The van der Waals surface area contributed by atoms with Crippen LogP contribution in [-0.4, -0.2) is 62.5 Å². The number of amides is 2. The highest BCUT2D eigenvalue weighted by molar-refractivity contribution is 6.00. The van der Waals surface area contributed by atoms with E-state index in [0.29, 0.717) is 0 Å². The maximum Gasteiger partial charge on any atom is 0.256 e. The molecule has 0 aliphatic rings. The van der Waals surface area contributed by atoms with Gasteiger partial charge < -0.3 is 20.3 Å². The average Bonchev–Trinajstić information content (AvgIpc) is 2.45. The molecule has 0 saturated heterocycles. The highest BCUT2D eigenvalue weighted by Gasteiger charge is 2.22. The summed E-state index contributed by atoms with van der Waals surface area (Å²) in [5.74, 6) is -1.40. The molecule has 6 nitrogen and oxygen atoms in total. The number of halogens is 1. The third-order valence-electron chi connectivity index (χ3n) is 2.96. The molecule has 0 atom stereocenters. The van der Waals surface area contributed by atoms with Crippen LogP contribution >= 0.6 is 0 Å². The van der Waals surface area contributed by atoms with Crippen LogP contribution in [0.5, 0.6) is 0 Å². The third kappa shape index (κ3) is 4.42. The molecule has 21 heavy (non-hydrogen) atoms. The Morgan fingerprint density at radius 2 is 2.00 bits per heavy atom. The number of nitrogen functional groups attached to an aromatic ring is 1. The molecule has 0 aromatic heterocycles. The SMILES string of the molecule is COCCN(CC(=O)N(C)C)C(=O)c1cccc(F)c1N. The van der Waals surface area contributed by atoms with Crippen LogP contribution < -0.4 is 5.73 Å². The van der Waals surface area contributed by atoms with Gasteiger partial charge in [-0.2, -0.15) is 0 Å². The monoisotopic (exact) mass is 297 g/mol. The number of methoxy groups -OCH3 is 1. The number of likely N-dealkylation sites (N-methyl/N-ethyl adjacent to an activating group) is 1. The maximum absolute atomic E-state index is 13.5. The first-order chi connectivity index (χ1) is 9.88. The van der Waals surface area contributed by atoms with E-state index in [1.165, 1.54) is 35.1 Å². The molecule has 0 aliphatic carbocycles. The fourth-order valence-corrected chi connectivity index (χ4v) is 1.65. The Bertz CT molecular complexity index is 520. The molecule has 0 bridgehead atoms. The minimum atomic E-state index is -0.661. The van der Waals surface area contributed by atoms with E-state index < -0.39 is 11.7 Å². The molecule has 7 heteroatoms. The van der Waals surface area contributed by atoms with Gasteiger partial charge in [0.05, 0.1) is 17.9 Å². The molecule has 1 aromatic rings. The van der Waals surface area contributed by atoms with Gasteiger partial charge in [0.2, 0.25) is 5.91 Å². The Kier molecular flexibility index (Phi) is 6.10. The summed E-state index contributed by atoms with van der Waals surface area (Å²) in [4.78, 5) is 26.9. The van der Waals surface area contributed by atoms with Crippen molar-refractivity contribution in [3.05, 3.63) is 29.6 Å². The van der Waals surface area contributed by atoms with Crippen molar-refractivity contribution >= 4 is 17.5 Å². The molecule has 2 amide bonds. The van der Waals surface area contributed by atoms with E-state index in [2.05, 4.69) is 0 Å². The molecule has 0 aliphatic heterocycles. The van der Waals surface area contributed by atoms with Gasteiger partial charge >= 0.3 is 0 Å². The summed E-state index contributed by atoms with van der Waals surface area (Å²) < 4.78 is 18.4. The number of nitrogens with two attached hydrogens (primary N) is 1. The van der Waals surface area contributed by atoms with E-state index in [-0.39, 0.29) is 36.9 Å². The number of carbonyl (C=O) groups excluding carboxylic acids is 2. The Morgan fingerprint density at radius 1 is 1.33 bits per heavy atom. The molecule has 0 unspecified atom stereocenters. The number of ether oxygens (including phenoxy) is 1. The summed E-state index contributed by atoms with van der Waals surface area (Å²) in [6.45, 7) is 0.359. The van der Waals surface area contributed by atoms with Gasteiger partial charge in [0.15, 0.2) is 0 Å². The van der Waals surface area contributed by atoms with Crippen LogP contribution in [0, 0.1) is 5.82 Å². The summed E-state index contributed by atoms with van der Waals surface area (Å²) in [6.07, 6.45) is 0. The van der Waals surface area contributed by atoms with Crippen LogP contribution in [-0.2, 0) is 9.53 Å². The number of nitrogens with zero attached hydrogens (tertiary/aromatic N) is 2. The van der Waals surface area contributed by atoms with Crippen LogP contribution in [0.4, 0.5) is 10.1 Å². The van der Waals surface area contributed by atoms with E-state index in [4.69, 9.17) is 10.5 Å². The summed E-state index contributed by atoms with van der Waals surface area (Å²) in [5, 5.41) is 0. The van der Waals surface area contributed by atoms with Crippen molar-refractivity contribution in [2.75, 3.05) is 46.6 Å². The highest BCUT2D eigenvalue weighted by atomic mass is 19.1. The Balaban J connectivity index is 2.98. The predicted molar refractivity (Wildman–Crippen MR) is 77.3 cm³/mol. The van der Waals surface area contributed by atoms with Crippen molar-refractivity contribution in [1.82, 2.24) is 9.80 Å². The molecule has 0 spiro atoms. The van der Waals surface area contributed by atoms with Crippen molar-refractivity contribution < 1.29 is 18.7 Å². The molecule has 1 aromatic carbocycles. The Hall–Kier alpha value is -2.15. The molecular weight excluding hydrogens is 277 g/mol. The van der Waals surface area contributed by atoms with Gasteiger partial charge in [-0.3, -0.25) is 9.59 Å². The van der Waals surface area contributed by atoms with Crippen molar-refractivity contribution in [3.63, 3.8) is 0 Å². The number of anilines is 1. The molecule has 0 fully saturated rings. The summed E-state index contributed by atoms with van der Waals surface area (Å²) >= 11 is 0. The molecule has 0 heterocycles. The zero-order chi connectivity index (χ0) is 16.0. The fourth-order valence-electron chi connectivity index (χ4n) is 1.65. The number of benzene rings is 1. The van der Waals surface area contributed by atoms with Gasteiger partial charge in [0, 0.05) is 27.7 Å². The zero-order valence-corrected chi connectivity index (χ0v) is 12.4. The van der Waals surface area contributed by atoms with Crippen molar-refractivity contribution in [2.24, 2.45) is 0 Å². The van der Waals surface area contributed by atoms with Gasteiger partial charge in [-0.15, -0.1) is 0 Å². The lowest BCUT2D eigenvalue weighted by Gasteiger charge is -2.24. The van der Waals surface area contributed by atoms with Crippen LogP contribution in [0.1, 0.15) is 10.4 Å². The largest absolute Gasteiger partial charge is 0.396 e. The van der Waals surface area contributed by atoms with Crippen LogP contribution in [0.15, 0.2) is 18.2 Å². The number of rotatable bonds is 6. The summed E-state index contributed by atoms with van der Waals surface area (Å²) in [5.41, 5.74) is 5.41. The van der Waals surface area contributed by atoms with E-state index in [1.54, 1.807) is 14.1 Å². The van der Waals surface area contributed by atoms with E-state index >= 15 is 0 Å². The summed E-state index contributed by atoms with van der Waals surface area (Å²) in [6, 6.07) is 4.01. The van der Waals surface area contributed by atoms with Crippen molar-refractivity contribution in [2.45, 2.75) is 0 Å². The normalized spacial score (nSPS) is 10.3. The second kappa shape index (κ2) is 7.58. The average molecular weight is 297 g/mol. The number of para-hydroxylation sites is 1. The van der Waals surface area contributed by atoms with E-state index in [0.717, 1.165) is 0 Å². The Labute approximate surface area is 123 Å². The standard InChI is InChI=1S/C14H20FN3O3/c1-17(2)12(19)9-18(7-8-21-3)14(20)10-5-4-6-11(15)13(10)16/h4-6H,7-9,16H2,1-3H3. The third-order valence-corrected chi connectivity index (χ3v) is 2.96. The first-order valence-electron chi connectivity index (χ1n) is 6.40. The smallest absolute Gasteiger partial charge is 0.256 e. The van der Waals surface area contributed by atoms with Gasteiger partial charge in [0.25, 0.3) is 5.91 Å². The quantitative estimate of drug-likeness (QED) is 0.780. The second-order valence-corrected chi connectivity index (χ2v) is 4.71. The van der Waals surface area contributed by atoms with Crippen LogP contribution in [0.25, 0.3) is 0 Å². The van der Waals surface area contributed by atoms with Crippen LogP contribution in [0.2, 0.25) is 0 Å². The first kappa shape index (κ1) is 16.9. The van der Waals surface area contributed by atoms with Gasteiger partial charge in [0.1, 0.15) is 12.4 Å². The predicted octanol–water partition coefficient (Wildman–Crippen LogP) is 0.585. The maximum atomic E-state index is 13.5. The fraction of sp³-hybridized carbons (Fsp3) is 0.429. The lowest BCUT2D eigenvalue weighted by Crippen LogP contribution is -2.42. The molecule has 2 N–H and O–H groups in total. The second-order valence-electron chi connectivity index (χ2n) is 4.71. The van der Waals surface area contributed by atoms with Crippen LogP contribution in [0.3, 0.4) is 0 Å². The first-order valence-corrected chi connectivity index (χ1v) is 6.40. The summed E-state index contributed by atoms with van der Waals surface area (Å²) in [7, 11) is 4.68. The lowest BCUT2D eigenvalue weighted by molar-refractivity contribution is -0.129.